The van der Waals surface area contributed by atoms with Crippen molar-refractivity contribution >= 4 is 17.2 Å². The number of carbonyl (C=O) groups is 1. The molecular formula is C18H11N7O2. The molecule has 0 aliphatic carbocycles. The van der Waals surface area contributed by atoms with Crippen molar-refractivity contribution in [2.45, 2.75) is 0 Å². The van der Waals surface area contributed by atoms with E-state index >= 15 is 0 Å². The summed E-state index contributed by atoms with van der Waals surface area (Å²) in [6.45, 7) is 0. The summed E-state index contributed by atoms with van der Waals surface area (Å²) in [5.41, 5.74) is 8.59. The number of nitriles is 1. The summed E-state index contributed by atoms with van der Waals surface area (Å²) >= 11 is 0. The van der Waals surface area contributed by atoms with Crippen LogP contribution < -0.4 is 5.73 Å². The Morgan fingerprint density at radius 3 is 2.81 bits per heavy atom. The Hall–Kier alpha value is -4.32. The van der Waals surface area contributed by atoms with Gasteiger partial charge >= 0.3 is 5.97 Å². The van der Waals surface area contributed by atoms with E-state index in [0.717, 1.165) is 0 Å². The molecule has 0 spiro atoms. The van der Waals surface area contributed by atoms with Crippen molar-refractivity contribution in [3.05, 3.63) is 60.3 Å². The van der Waals surface area contributed by atoms with Gasteiger partial charge in [0.1, 0.15) is 17.5 Å². The Balaban J connectivity index is 2.10. The zero-order valence-electron chi connectivity index (χ0n) is 13.7. The average molecular weight is 357 g/mol. The number of hydrogen-bond donors (Lipinski definition) is 2. The number of carboxylic acid groups (broad SMARTS) is 1. The van der Waals surface area contributed by atoms with Gasteiger partial charge in [0.25, 0.3) is 0 Å². The van der Waals surface area contributed by atoms with Gasteiger partial charge in [-0.15, -0.1) is 0 Å². The molecule has 27 heavy (non-hydrogen) atoms. The molecule has 0 fully saturated rings. The maximum absolute atomic E-state index is 11.4. The molecule has 1 aromatic carbocycles. The van der Waals surface area contributed by atoms with E-state index in [1.165, 1.54) is 17.0 Å². The number of nitrogens with zero attached hydrogens (tertiary/aromatic N) is 6. The van der Waals surface area contributed by atoms with Crippen molar-refractivity contribution in [3.63, 3.8) is 0 Å². The molecule has 3 aromatic heterocycles. The summed E-state index contributed by atoms with van der Waals surface area (Å²) < 4.78 is 1.41. The first-order valence-corrected chi connectivity index (χ1v) is 7.77. The third-order valence-electron chi connectivity index (χ3n) is 4.00. The predicted molar refractivity (Wildman–Crippen MR) is 95.5 cm³/mol. The van der Waals surface area contributed by atoms with Crippen molar-refractivity contribution in [3.8, 4) is 28.7 Å². The van der Waals surface area contributed by atoms with Crippen molar-refractivity contribution in [2.24, 2.45) is 0 Å². The second kappa shape index (κ2) is 6.20. The lowest BCUT2D eigenvalue weighted by Gasteiger charge is -2.11. The molecular weight excluding hydrogens is 346 g/mol. The molecule has 0 saturated carbocycles. The molecule has 9 heteroatoms. The molecule has 0 atom stereocenters. The van der Waals surface area contributed by atoms with Crippen LogP contribution in [0.25, 0.3) is 28.2 Å². The van der Waals surface area contributed by atoms with Crippen molar-refractivity contribution in [1.82, 2.24) is 24.6 Å². The highest BCUT2D eigenvalue weighted by Gasteiger charge is 2.22. The lowest BCUT2D eigenvalue weighted by Crippen LogP contribution is -2.03. The fourth-order valence-corrected chi connectivity index (χ4v) is 2.79. The van der Waals surface area contributed by atoms with Crippen LogP contribution in [0, 0.1) is 11.3 Å². The van der Waals surface area contributed by atoms with Crippen molar-refractivity contribution in [1.29, 1.82) is 5.26 Å². The summed E-state index contributed by atoms with van der Waals surface area (Å²) in [5.74, 6) is -1.24. The lowest BCUT2D eigenvalue weighted by molar-refractivity contribution is 0.0691. The number of rotatable bonds is 3. The first kappa shape index (κ1) is 16.2. The SMILES string of the molecule is N#Cc1cccc(-c2ncc3c(N)c(C(=O)O)nn3c2-c2ccncn2)c1. The van der Waals surface area contributed by atoms with Gasteiger partial charge in [0.05, 0.1) is 34.9 Å². The topological polar surface area (TPSA) is 143 Å². The third-order valence-corrected chi connectivity index (χ3v) is 4.00. The highest BCUT2D eigenvalue weighted by atomic mass is 16.4. The molecule has 4 rings (SSSR count). The number of anilines is 1. The largest absolute Gasteiger partial charge is 0.476 e. The van der Waals surface area contributed by atoms with Crippen LogP contribution in [0.2, 0.25) is 0 Å². The van der Waals surface area contributed by atoms with Crippen molar-refractivity contribution < 1.29 is 9.90 Å². The van der Waals surface area contributed by atoms with Gasteiger partial charge in [-0.25, -0.2) is 19.3 Å². The van der Waals surface area contributed by atoms with E-state index in [1.54, 1.807) is 36.5 Å². The van der Waals surface area contributed by atoms with Crippen LogP contribution in [0.4, 0.5) is 5.69 Å². The zero-order valence-corrected chi connectivity index (χ0v) is 13.7. The number of aromatic nitrogens is 5. The fraction of sp³-hybridized carbons (Fsp3) is 0. The van der Waals surface area contributed by atoms with E-state index in [9.17, 15) is 15.2 Å². The second-order valence-electron chi connectivity index (χ2n) is 5.61. The number of hydrogen-bond acceptors (Lipinski definition) is 7. The Kier molecular flexibility index (Phi) is 3.71. The number of nitrogen functional groups attached to an aromatic ring is 1. The average Bonchev–Trinajstić information content (AvgIpc) is 3.05. The molecule has 130 valence electrons. The van der Waals surface area contributed by atoms with Crippen LogP contribution in [0.15, 0.2) is 49.1 Å². The zero-order chi connectivity index (χ0) is 19.0. The van der Waals surface area contributed by atoms with Crippen LogP contribution in [0.5, 0.6) is 0 Å². The highest BCUT2D eigenvalue weighted by molar-refractivity contribution is 5.97. The quantitative estimate of drug-likeness (QED) is 0.566. The minimum absolute atomic E-state index is 0.0163. The predicted octanol–water partition coefficient (Wildman–Crippen LogP) is 2.01. The number of fused-ring (bicyclic) bond motifs is 1. The molecule has 0 amide bonds. The molecule has 0 aliphatic rings. The van der Waals surface area contributed by atoms with Crippen LogP contribution >= 0.6 is 0 Å². The number of aromatic carboxylic acids is 1. The van der Waals surface area contributed by atoms with E-state index in [1.807, 2.05) is 0 Å². The van der Waals surface area contributed by atoms with Crippen LogP contribution in [-0.4, -0.2) is 35.6 Å². The van der Waals surface area contributed by atoms with Gasteiger partial charge in [-0.3, -0.25) is 4.98 Å². The maximum atomic E-state index is 11.4. The number of carboxylic acids is 1. The van der Waals surface area contributed by atoms with Gasteiger partial charge in [-0.2, -0.15) is 10.4 Å². The van der Waals surface area contributed by atoms with Gasteiger partial charge in [0.15, 0.2) is 5.69 Å². The summed E-state index contributed by atoms with van der Waals surface area (Å²) in [6, 6.07) is 10.6. The highest BCUT2D eigenvalue weighted by Crippen LogP contribution is 2.32. The van der Waals surface area contributed by atoms with Gasteiger partial charge in [0, 0.05) is 11.8 Å². The Morgan fingerprint density at radius 2 is 2.11 bits per heavy atom. The Bertz CT molecular complexity index is 1230. The molecule has 3 heterocycles. The van der Waals surface area contributed by atoms with Gasteiger partial charge in [-0.05, 0) is 18.2 Å². The van der Waals surface area contributed by atoms with E-state index in [-0.39, 0.29) is 11.4 Å². The molecule has 9 nitrogen and oxygen atoms in total. The first-order valence-electron chi connectivity index (χ1n) is 7.77. The first-order chi connectivity index (χ1) is 13.1. The van der Waals surface area contributed by atoms with Gasteiger partial charge in [-0.1, -0.05) is 12.1 Å². The fourth-order valence-electron chi connectivity index (χ4n) is 2.79. The van der Waals surface area contributed by atoms with Crippen molar-refractivity contribution in [2.75, 3.05) is 5.73 Å². The molecule has 0 radical (unpaired) electrons. The van der Waals surface area contributed by atoms with Gasteiger partial charge in [0.2, 0.25) is 0 Å². The summed E-state index contributed by atoms with van der Waals surface area (Å²) in [4.78, 5) is 24.1. The van der Waals surface area contributed by atoms with E-state index in [2.05, 4.69) is 26.1 Å². The molecule has 0 aliphatic heterocycles. The number of nitrogens with two attached hydrogens (primary N) is 1. The van der Waals surface area contributed by atoms with E-state index in [4.69, 9.17) is 5.73 Å². The van der Waals surface area contributed by atoms with Crippen LogP contribution in [0.1, 0.15) is 16.1 Å². The smallest absolute Gasteiger partial charge is 0.358 e. The number of benzene rings is 1. The van der Waals surface area contributed by atoms with E-state index in [0.29, 0.717) is 33.7 Å². The maximum Gasteiger partial charge on any atom is 0.358 e. The van der Waals surface area contributed by atoms with Crippen LogP contribution in [-0.2, 0) is 0 Å². The lowest BCUT2D eigenvalue weighted by atomic mass is 10.0. The summed E-state index contributed by atoms with van der Waals surface area (Å²) in [7, 11) is 0. The second-order valence-corrected chi connectivity index (χ2v) is 5.61. The summed E-state index contributed by atoms with van der Waals surface area (Å²) in [6.07, 6.45) is 4.38. The summed E-state index contributed by atoms with van der Waals surface area (Å²) in [5, 5.41) is 22.7. The van der Waals surface area contributed by atoms with Gasteiger partial charge < -0.3 is 10.8 Å². The van der Waals surface area contributed by atoms with E-state index < -0.39 is 5.97 Å². The third kappa shape index (κ3) is 2.61. The minimum atomic E-state index is -1.24. The minimum Gasteiger partial charge on any atom is -0.476 e. The molecule has 0 bridgehead atoms. The standard InChI is InChI=1S/C18H11N7O2/c19-7-10-2-1-3-11(6-10)15-17(12-4-5-21-9-23-12)25-13(8-22-15)14(20)16(24-25)18(26)27/h1-6,8-9H,20H2,(H,26,27). The molecule has 0 saturated heterocycles. The van der Waals surface area contributed by atoms with Crippen LogP contribution in [0.3, 0.4) is 0 Å². The monoisotopic (exact) mass is 357 g/mol. The molecule has 0 unspecified atom stereocenters. The molecule has 3 N–H and O–H groups in total. The normalized spacial score (nSPS) is 10.6. The molecule has 4 aromatic rings. The Morgan fingerprint density at radius 1 is 1.26 bits per heavy atom. The Labute approximate surface area is 152 Å².